The van der Waals surface area contributed by atoms with E-state index in [2.05, 4.69) is 26.3 Å². The minimum absolute atomic E-state index is 0.0324. The lowest BCUT2D eigenvalue weighted by atomic mass is 10.1. The normalized spacial score (nSPS) is 11.1. The first-order valence-electron chi connectivity index (χ1n) is 9.09. The highest BCUT2D eigenvalue weighted by Gasteiger charge is 2.23. The van der Waals surface area contributed by atoms with Crippen molar-refractivity contribution in [3.8, 4) is 5.69 Å². The number of anilines is 1. The van der Waals surface area contributed by atoms with E-state index in [1.54, 1.807) is 36.6 Å². The Morgan fingerprint density at radius 2 is 1.97 bits per heavy atom. The quantitative estimate of drug-likeness (QED) is 0.532. The number of halogens is 1. The Bertz CT molecular complexity index is 1120. The Balaban J connectivity index is 2.21. The van der Waals surface area contributed by atoms with Gasteiger partial charge in [-0.05, 0) is 37.1 Å². The number of rotatable bonds is 6. The van der Waals surface area contributed by atoms with Crippen LogP contribution in [-0.2, 0) is 9.53 Å². The molecule has 2 aromatic heterocycles. The zero-order valence-electron chi connectivity index (χ0n) is 16.2. The number of carbonyl (C=O) groups is 2. The maximum atomic E-state index is 13.2. The smallest absolute Gasteiger partial charge is 0.359 e. The Labute approximate surface area is 179 Å². The van der Waals surface area contributed by atoms with Crippen LogP contribution in [0.15, 0.2) is 38.9 Å². The van der Waals surface area contributed by atoms with E-state index in [4.69, 9.17) is 4.74 Å². The van der Waals surface area contributed by atoms with E-state index >= 15 is 0 Å². The molecule has 0 aliphatic carbocycles. The van der Waals surface area contributed by atoms with Gasteiger partial charge < -0.3 is 10.1 Å². The number of ether oxygens (including phenoxy) is 1. The largest absolute Gasteiger partial charge is 0.461 e. The van der Waals surface area contributed by atoms with Crippen LogP contribution in [0.25, 0.3) is 16.5 Å². The van der Waals surface area contributed by atoms with Crippen molar-refractivity contribution in [1.29, 1.82) is 0 Å². The van der Waals surface area contributed by atoms with Gasteiger partial charge in [0.1, 0.15) is 5.00 Å². The first kappa shape index (κ1) is 21.2. The summed E-state index contributed by atoms with van der Waals surface area (Å²) in [5, 5.41) is 9.72. The lowest BCUT2D eigenvalue weighted by Crippen LogP contribution is -2.25. The summed E-state index contributed by atoms with van der Waals surface area (Å²) in [4.78, 5) is 38.0. The zero-order valence-corrected chi connectivity index (χ0v) is 18.6. The van der Waals surface area contributed by atoms with E-state index in [1.165, 1.54) is 11.3 Å². The summed E-state index contributed by atoms with van der Waals surface area (Å²) >= 11 is 4.55. The first-order valence-corrected chi connectivity index (χ1v) is 10.8. The number of amides is 1. The van der Waals surface area contributed by atoms with Crippen molar-refractivity contribution in [2.45, 2.75) is 27.2 Å². The van der Waals surface area contributed by atoms with Crippen LogP contribution >= 0.6 is 27.3 Å². The van der Waals surface area contributed by atoms with Gasteiger partial charge in [0, 0.05) is 21.7 Å². The number of nitrogens with zero attached hydrogens (tertiary/aromatic N) is 2. The van der Waals surface area contributed by atoms with E-state index < -0.39 is 11.5 Å². The minimum atomic E-state index is -0.624. The summed E-state index contributed by atoms with van der Waals surface area (Å²) in [7, 11) is 0. The van der Waals surface area contributed by atoms with Crippen LogP contribution in [0.1, 0.15) is 37.7 Å². The highest BCUT2D eigenvalue weighted by Crippen LogP contribution is 2.31. The molecule has 3 rings (SSSR count). The standard InChI is InChI=1S/C20H20BrN3O4S/c1-4-28-20(27)17-14-10-29-18(22-15(25)9-11(2)3)16(14)19(26)24(23-17)13-7-5-12(21)6-8-13/h5-8,10-11H,4,9H2,1-3H3,(H,22,25). The van der Waals surface area contributed by atoms with Crippen LogP contribution in [0.2, 0.25) is 0 Å². The molecule has 9 heteroatoms. The molecule has 29 heavy (non-hydrogen) atoms. The fourth-order valence-electron chi connectivity index (χ4n) is 2.80. The Kier molecular flexibility index (Phi) is 6.49. The van der Waals surface area contributed by atoms with Crippen molar-refractivity contribution in [3.63, 3.8) is 0 Å². The van der Waals surface area contributed by atoms with Crippen molar-refractivity contribution >= 4 is 54.9 Å². The predicted octanol–water partition coefficient (Wildman–Crippen LogP) is 4.37. The van der Waals surface area contributed by atoms with Crippen LogP contribution in [0.3, 0.4) is 0 Å². The van der Waals surface area contributed by atoms with Crippen LogP contribution in [0.4, 0.5) is 5.00 Å². The molecule has 0 unspecified atom stereocenters. The number of hydrogen-bond acceptors (Lipinski definition) is 6. The fourth-order valence-corrected chi connectivity index (χ4v) is 4.02. The molecular weight excluding hydrogens is 458 g/mol. The molecule has 0 saturated heterocycles. The molecule has 152 valence electrons. The second-order valence-electron chi connectivity index (χ2n) is 6.76. The molecular formula is C20H20BrN3O4S. The molecule has 0 bridgehead atoms. The SMILES string of the molecule is CCOC(=O)c1nn(-c2ccc(Br)cc2)c(=O)c2c(NC(=O)CC(C)C)scc12. The van der Waals surface area contributed by atoms with Crippen LogP contribution < -0.4 is 10.9 Å². The average Bonchev–Trinajstić information content (AvgIpc) is 3.06. The molecule has 0 spiro atoms. The third kappa shape index (κ3) is 4.56. The van der Waals surface area contributed by atoms with Gasteiger partial charge in [-0.1, -0.05) is 29.8 Å². The van der Waals surface area contributed by atoms with Gasteiger partial charge in [0.25, 0.3) is 5.56 Å². The molecule has 7 nitrogen and oxygen atoms in total. The zero-order chi connectivity index (χ0) is 21.1. The molecule has 2 heterocycles. The van der Waals surface area contributed by atoms with Gasteiger partial charge >= 0.3 is 5.97 Å². The highest BCUT2D eigenvalue weighted by molar-refractivity contribution is 9.10. The fraction of sp³-hybridized carbons (Fsp3) is 0.300. The molecule has 1 aromatic carbocycles. The summed E-state index contributed by atoms with van der Waals surface area (Å²) in [5.41, 5.74) is 0.109. The van der Waals surface area contributed by atoms with Crippen LogP contribution in [0, 0.1) is 5.92 Å². The summed E-state index contributed by atoms with van der Waals surface area (Å²) < 4.78 is 7.13. The van der Waals surface area contributed by atoms with Gasteiger partial charge in [-0.15, -0.1) is 11.3 Å². The monoisotopic (exact) mass is 477 g/mol. The molecule has 0 atom stereocenters. The van der Waals surface area contributed by atoms with Crippen molar-refractivity contribution in [2.75, 3.05) is 11.9 Å². The number of nitrogens with one attached hydrogen (secondary N) is 1. The topological polar surface area (TPSA) is 90.3 Å². The molecule has 3 aromatic rings. The van der Waals surface area contributed by atoms with Gasteiger partial charge in [-0.2, -0.15) is 9.78 Å². The molecule has 1 amide bonds. The predicted molar refractivity (Wildman–Crippen MR) is 117 cm³/mol. The highest BCUT2D eigenvalue weighted by atomic mass is 79.9. The van der Waals surface area contributed by atoms with Gasteiger partial charge in [-0.3, -0.25) is 9.59 Å². The van der Waals surface area contributed by atoms with Crippen molar-refractivity contribution in [1.82, 2.24) is 9.78 Å². The van der Waals surface area contributed by atoms with Crippen molar-refractivity contribution in [3.05, 3.63) is 50.2 Å². The number of esters is 1. The van der Waals surface area contributed by atoms with Gasteiger partial charge in [0.05, 0.1) is 17.7 Å². The van der Waals surface area contributed by atoms with Crippen LogP contribution in [-0.4, -0.2) is 28.3 Å². The Hall–Kier alpha value is -2.52. The number of carbonyl (C=O) groups excluding carboxylic acids is 2. The van der Waals surface area contributed by atoms with E-state index in [1.807, 2.05) is 13.8 Å². The third-order valence-corrected chi connectivity index (χ3v) is 5.46. The Morgan fingerprint density at radius 3 is 2.59 bits per heavy atom. The lowest BCUT2D eigenvalue weighted by molar-refractivity contribution is -0.116. The molecule has 0 aliphatic heterocycles. The molecule has 0 fully saturated rings. The number of hydrogen-bond donors (Lipinski definition) is 1. The summed E-state index contributed by atoms with van der Waals surface area (Å²) in [6.45, 7) is 5.76. The van der Waals surface area contributed by atoms with Crippen molar-refractivity contribution < 1.29 is 14.3 Å². The minimum Gasteiger partial charge on any atom is -0.461 e. The van der Waals surface area contributed by atoms with Gasteiger partial charge in [-0.25, -0.2) is 4.79 Å². The van der Waals surface area contributed by atoms with Crippen LogP contribution in [0.5, 0.6) is 0 Å². The number of fused-ring (bicyclic) bond motifs is 1. The summed E-state index contributed by atoms with van der Waals surface area (Å²) in [6, 6.07) is 6.97. The molecule has 1 N–H and O–H groups in total. The van der Waals surface area contributed by atoms with Gasteiger partial charge in [0.15, 0.2) is 5.69 Å². The summed E-state index contributed by atoms with van der Waals surface area (Å²) in [5.74, 6) is -0.633. The molecule has 0 saturated carbocycles. The molecule has 0 radical (unpaired) electrons. The second kappa shape index (κ2) is 8.87. The first-order chi connectivity index (χ1) is 13.8. The van der Waals surface area contributed by atoms with E-state index in [0.29, 0.717) is 22.5 Å². The van der Waals surface area contributed by atoms with Gasteiger partial charge in [0.2, 0.25) is 5.91 Å². The van der Waals surface area contributed by atoms with E-state index in [-0.39, 0.29) is 29.5 Å². The second-order valence-corrected chi connectivity index (χ2v) is 8.56. The Morgan fingerprint density at radius 1 is 1.28 bits per heavy atom. The molecule has 0 aliphatic rings. The number of aromatic nitrogens is 2. The average molecular weight is 478 g/mol. The van der Waals surface area contributed by atoms with E-state index in [9.17, 15) is 14.4 Å². The van der Waals surface area contributed by atoms with E-state index in [0.717, 1.165) is 9.15 Å². The summed E-state index contributed by atoms with van der Waals surface area (Å²) in [6.07, 6.45) is 0.329. The third-order valence-electron chi connectivity index (χ3n) is 4.04. The number of thiophene rings is 1. The maximum Gasteiger partial charge on any atom is 0.359 e. The van der Waals surface area contributed by atoms with Crippen molar-refractivity contribution in [2.24, 2.45) is 5.92 Å². The number of benzene rings is 1. The maximum absolute atomic E-state index is 13.2. The lowest BCUT2D eigenvalue weighted by Gasteiger charge is -2.10.